The number of unbranched alkanes of at least 4 members (excludes halogenated alkanes) is 3. The minimum Gasteiger partial charge on any atom is -0.481 e. The maximum Gasteiger partial charge on any atom is 0.326 e. The van der Waals surface area contributed by atoms with E-state index in [4.69, 9.17) is 4.74 Å². The highest BCUT2D eigenvalue weighted by molar-refractivity contribution is 7.86. The van der Waals surface area contributed by atoms with Crippen molar-refractivity contribution in [1.29, 1.82) is 0 Å². The molecular formula is C70H88N5O15S2+. The molecule has 7 rings (SSSR count). The maximum atomic E-state index is 14.2. The normalized spacial score (nSPS) is 17.1. The first kappa shape index (κ1) is 71.4. The molecule has 0 saturated heterocycles. The van der Waals surface area contributed by atoms with E-state index in [2.05, 4.69) is 102 Å². The summed E-state index contributed by atoms with van der Waals surface area (Å²) in [7, 11) is -8.27. The lowest BCUT2D eigenvalue weighted by Gasteiger charge is -2.27. The summed E-state index contributed by atoms with van der Waals surface area (Å²) in [5.74, 6) is -4.34. The number of carboxylic acids is 2. The predicted octanol–water partition coefficient (Wildman–Crippen LogP) is 10.7. The monoisotopic (exact) mass is 1300 g/mol. The average Bonchev–Trinajstić information content (AvgIpc) is 1.60. The number of rotatable bonds is 35. The zero-order valence-electron chi connectivity index (χ0n) is 53.2. The summed E-state index contributed by atoms with van der Waals surface area (Å²) in [6, 6.07) is 29.4. The van der Waals surface area contributed by atoms with Crippen molar-refractivity contribution in [3.8, 4) is 5.75 Å². The second kappa shape index (κ2) is 32.5. The number of carbonyl (C=O) groups is 6. The lowest BCUT2D eigenvalue weighted by molar-refractivity contribution is -0.438. The third kappa shape index (κ3) is 20.2. The molecule has 0 radical (unpaired) electrons. The number of urea groups is 1. The van der Waals surface area contributed by atoms with Gasteiger partial charge >= 0.3 is 18.0 Å². The number of para-hydroxylation sites is 2. The number of nitrogens with one attached hydrogen (secondary N) is 3. The molecule has 494 valence electrons. The first-order chi connectivity index (χ1) is 43.6. The van der Waals surface area contributed by atoms with Crippen molar-refractivity contribution in [1.82, 2.24) is 16.0 Å². The molecule has 4 aromatic rings. The van der Waals surface area contributed by atoms with Crippen molar-refractivity contribution in [2.24, 2.45) is 5.92 Å². The molecule has 92 heavy (non-hydrogen) atoms. The van der Waals surface area contributed by atoms with Crippen LogP contribution in [0.3, 0.4) is 0 Å². The van der Waals surface area contributed by atoms with Gasteiger partial charge in [-0.1, -0.05) is 98.8 Å². The Balaban J connectivity index is 1.12. The molecule has 2 heterocycles. The van der Waals surface area contributed by atoms with E-state index >= 15 is 0 Å². The van der Waals surface area contributed by atoms with E-state index in [1.165, 1.54) is 0 Å². The number of nitrogens with zero attached hydrogens (tertiary/aromatic N) is 2. The number of hydrogen-bond acceptors (Lipinski definition) is 12. The van der Waals surface area contributed by atoms with E-state index in [1.54, 1.807) is 43.3 Å². The molecule has 3 aliphatic rings. The third-order valence-electron chi connectivity index (χ3n) is 17.2. The van der Waals surface area contributed by atoms with Gasteiger partial charge in [-0.3, -0.25) is 28.3 Å². The van der Waals surface area contributed by atoms with Crippen LogP contribution in [0.15, 0.2) is 150 Å². The lowest BCUT2D eigenvalue weighted by Crippen LogP contribution is -2.46. The van der Waals surface area contributed by atoms with Crippen LogP contribution in [0.25, 0.3) is 0 Å². The van der Waals surface area contributed by atoms with Gasteiger partial charge in [-0.05, 0) is 150 Å². The first-order valence-corrected chi connectivity index (χ1v) is 34.9. The Morgan fingerprint density at radius 1 is 0.663 bits per heavy atom. The number of carbonyl (C=O) groups excluding carboxylic acids is 4. The largest absolute Gasteiger partial charge is 0.481 e. The average molecular weight is 1300 g/mol. The molecule has 0 bridgehead atoms. The Hall–Kier alpha value is -8.05. The van der Waals surface area contributed by atoms with Crippen molar-refractivity contribution in [3.63, 3.8) is 0 Å². The lowest BCUT2D eigenvalue weighted by atomic mass is 9.81. The van der Waals surface area contributed by atoms with Gasteiger partial charge in [-0.15, -0.1) is 0 Å². The number of carboxylic acid groups (broad SMARTS) is 2. The van der Waals surface area contributed by atoms with Crippen LogP contribution in [0, 0.1) is 5.92 Å². The van der Waals surface area contributed by atoms with Crippen molar-refractivity contribution >= 4 is 72.8 Å². The van der Waals surface area contributed by atoms with Gasteiger partial charge in [-0.2, -0.15) is 21.4 Å². The van der Waals surface area contributed by atoms with Gasteiger partial charge in [0.2, 0.25) is 11.6 Å². The van der Waals surface area contributed by atoms with Crippen LogP contribution in [-0.2, 0) is 67.9 Å². The summed E-state index contributed by atoms with van der Waals surface area (Å²) in [6.07, 6.45) is 12.2. The molecule has 22 heteroatoms. The van der Waals surface area contributed by atoms with Gasteiger partial charge in [0.1, 0.15) is 29.9 Å². The molecule has 0 aromatic heterocycles. The number of fused-ring (bicyclic) bond motifs is 2. The van der Waals surface area contributed by atoms with E-state index < -0.39 is 78.7 Å². The predicted molar refractivity (Wildman–Crippen MR) is 354 cm³/mol. The van der Waals surface area contributed by atoms with Crippen LogP contribution in [-0.4, -0.2) is 125 Å². The SMILES string of the molecule is CCNC(=O)N[C@@H](CCC(=O)CCCCC(=O)N[C@@H](Cc1ccccc1)C(=O)C[C@@H](Cc1ccc(OC2=C(C=CC3=[N+](CCCCS(=O)(=O)O)c4ccccc4C3(C)C)CCCC2=CC=C2N(CCCCS(=O)(=O)O)c3ccccc3C2(C)C)cc1)C(=O)O)C(=O)O. The van der Waals surface area contributed by atoms with Crippen molar-refractivity contribution < 1.29 is 74.2 Å². The van der Waals surface area contributed by atoms with E-state index in [1.807, 2.05) is 42.5 Å². The zero-order chi connectivity index (χ0) is 66.8. The van der Waals surface area contributed by atoms with Crippen LogP contribution >= 0.6 is 0 Å². The number of hydrogen-bond donors (Lipinski definition) is 7. The van der Waals surface area contributed by atoms with Gasteiger partial charge < -0.3 is 35.8 Å². The van der Waals surface area contributed by atoms with Crippen LogP contribution in [0.2, 0.25) is 0 Å². The minimum absolute atomic E-state index is 0.0143. The van der Waals surface area contributed by atoms with Crippen LogP contribution < -0.4 is 25.6 Å². The fourth-order valence-electron chi connectivity index (χ4n) is 12.3. The molecule has 20 nitrogen and oxygen atoms in total. The maximum absolute atomic E-state index is 14.2. The van der Waals surface area contributed by atoms with Gasteiger partial charge in [-0.25, -0.2) is 9.59 Å². The highest BCUT2D eigenvalue weighted by atomic mass is 32.2. The highest BCUT2D eigenvalue weighted by Crippen LogP contribution is 2.48. The molecule has 0 saturated carbocycles. The molecule has 3 atom stereocenters. The Morgan fingerprint density at radius 2 is 1.30 bits per heavy atom. The van der Waals surface area contributed by atoms with Gasteiger partial charge in [0.25, 0.3) is 20.2 Å². The Kier molecular flexibility index (Phi) is 25.2. The van der Waals surface area contributed by atoms with Crippen LogP contribution in [0.5, 0.6) is 5.75 Å². The van der Waals surface area contributed by atoms with E-state index in [-0.39, 0.29) is 75.1 Å². The van der Waals surface area contributed by atoms with Crippen molar-refractivity contribution in [2.75, 3.05) is 36.0 Å². The molecule has 4 aromatic carbocycles. The Bertz CT molecular complexity index is 3720. The summed E-state index contributed by atoms with van der Waals surface area (Å²) >= 11 is 0. The Morgan fingerprint density at radius 3 is 1.98 bits per heavy atom. The molecular weight excluding hydrogens is 1210 g/mol. The zero-order valence-corrected chi connectivity index (χ0v) is 54.8. The van der Waals surface area contributed by atoms with Crippen molar-refractivity contribution in [2.45, 2.75) is 160 Å². The number of allylic oxidation sites excluding steroid dienone is 7. The summed E-state index contributed by atoms with van der Waals surface area (Å²) in [5.41, 5.74) is 8.54. The number of Topliss-reactive ketones (excluding diaryl/α,β-unsaturated/α-hetero) is 2. The number of ketones is 2. The number of amides is 3. The molecule has 1 aliphatic carbocycles. The van der Waals surface area contributed by atoms with E-state index in [9.17, 15) is 64.9 Å². The number of anilines is 1. The van der Waals surface area contributed by atoms with Crippen LogP contribution in [0.4, 0.5) is 16.2 Å². The Labute approximate surface area is 540 Å². The number of ether oxygens (including phenoxy) is 1. The molecule has 7 N–H and O–H groups in total. The fraction of sp³-hybridized carbons (Fsp3) is 0.443. The number of benzene rings is 4. The summed E-state index contributed by atoms with van der Waals surface area (Å²) < 4.78 is 74.9. The quantitative estimate of drug-likeness (QED) is 0.0128. The highest BCUT2D eigenvalue weighted by Gasteiger charge is 2.44. The molecule has 0 spiro atoms. The standard InChI is InChI=1S/C70H87N5O15S2/c1-6-71-68(83)73-57(67(81)82)38-35-53(76)25-10-15-30-64(78)72-58(46-48-21-8-7-9-22-48)61(77)47-52(66(79)80)45-49-31-36-54(37-32-49)90-65-50(33-39-62-69(2,3)55-26-11-13-28-59(55)74(62)41-16-18-43-91(84,85)86)23-20-24-51(65)34-40-63-70(4,5)56-27-12-14-29-60(56)75(63)42-17-19-44-92(87,88)89/h7-9,11-14,21-22,26-29,31-34,36-37,39-40,52,57-58H,6,10,15-20,23-25,30,35,38,41-47H2,1-5H3,(H6-,71,72,73,78,79,80,81,82,83,84,85,86,87,88,89)/p+1/t52-,57+,58+/m1/s1. The molecule has 3 amide bonds. The second-order valence-electron chi connectivity index (χ2n) is 24.9. The smallest absolute Gasteiger partial charge is 0.326 e. The molecule has 0 fully saturated rings. The van der Waals surface area contributed by atoms with Gasteiger partial charge in [0.05, 0.1) is 28.9 Å². The molecule has 0 unspecified atom stereocenters. The summed E-state index contributed by atoms with van der Waals surface area (Å²) in [4.78, 5) is 79.0. The van der Waals surface area contributed by atoms with E-state index in [0.717, 1.165) is 57.0 Å². The van der Waals surface area contributed by atoms with E-state index in [0.29, 0.717) is 75.2 Å². The summed E-state index contributed by atoms with van der Waals surface area (Å²) in [6.45, 7) is 11.6. The minimum atomic E-state index is -4.13. The second-order valence-corrected chi connectivity index (χ2v) is 28.0. The molecule has 2 aliphatic heterocycles. The number of aliphatic carboxylic acids is 2. The first-order valence-electron chi connectivity index (χ1n) is 31.6. The summed E-state index contributed by atoms with van der Waals surface area (Å²) in [5, 5.41) is 27.7. The van der Waals surface area contributed by atoms with Gasteiger partial charge in [0, 0.05) is 79.7 Å². The topological polar surface area (TPSA) is 303 Å². The fourth-order valence-corrected chi connectivity index (χ4v) is 13.5. The third-order valence-corrected chi connectivity index (χ3v) is 18.8. The van der Waals surface area contributed by atoms with Gasteiger partial charge in [0.15, 0.2) is 11.5 Å². The van der Waals surface area contributed by atoms with Crippen molar-refractivity contribution in [3.05, 3.63) is 172 Å². The van der Waals surface area contributed by atoms with Crippen LogP contribution in [0.1, 0.15) is 147 Å².